The van der Waals surface area contributed by atoms with E-state index in [0.717, 1.165) is 42.5 Å². The van der Waals surface area contributed by atoms with Crippen LogP contribution in [0.2, 0.25) is 0 Å². The van der Waals surface area contributed by atoms with E-state index in [-0.39, 0.29) is 17.5 Å². The summed E-state index contributed by atoms with van der Waals surface area (Å²) < 4.78 is 27.4. The largest absolute Gasteiger partial charge is 0.325 e. The number of carbonyl (C=O) groups excluding carboxylic acids is 2. The predicted molar refractivity (Wildman–Crippen MR) is 87.9 cm³/mol. The summed E-state index contributed by atoms with van der Waals surface area (Å²) in [5, 5.41) is 2.83. The van der Waals surface area contributed by atoms with Crippen LogP contribution < -0.4 is 5.32 Å². The van der Waals surface area contributed by atoms with E-state index in [0.29, 0.717) is 5.70 Å². The number of aliphatic imine (C=N–C) groups is 1. The Kier molecular flexibility index (Phi) is 3.67. The lowest BCUT2D eigenvalue weighted by molar-refractivity contribution is -0.117. The van der Waals surface area contributed by atoms with Crippen molar-refractivity contribution in [3.8, 4) is 0 Å². The molecule has 4 nitrogen and oxygen atoms in total. The first-order valence-electron chi connectivity index (χ1n) is 8.04. The highest BCUT2D eigenvalue weighted by atomic mass is 19.1. The average molecular weight is 340 g/mol. The molecule has 0 fully saturated rings. The van der Waals surface area contributed by atoms with Gasteiger partial charge in [0.1, 0.15) is 17.2 Å². The Balaban J connectivity index is 1.66. The molecule has 0 radical (unpaired) electrons. The summed E-state index contributed by atoms with van der Waals surface area (Å²) >= 11 is 0. The molecule has 2 amide bonds. The van der Waals surface area contributed by atoms with E-state index in [9.17, 15) is 18.4 Å². The van der Waals surface area contributed by atoms with Crippen molar-refractivity contribution in [3.63, 3.8) is 0 Å². The van der Waals surface area contributed by atoms with E-state index in [1.165, 1.54) is 6.07 Å². The normalized spacial score (nSPS) is 23.3. The number of hydrogen-bond acceptors (Lipinski definition) is 2. The molecule has 1 atom stereocenters. The lowest BCUT2D eigenvalue weighted by atomic mass is 9.85. The van der Waals surface area contributed by atoms with Crippen LogP contribution in [0, 0.1) is 17.6 Å². The van der Waals surface area contributed by atoms with Gasteiger partial charge in [0.2, 0.25) is 0 Å². The summed E-state index contributed by atoms with van der Waals surface area (Å²) in [6, 6.07) is 3.21. The first-order chi connectivity index (χ1) is 12.0. The molecule has 3 aliphatic rings. The van der Waals surface area contributed by atoms with Crippen molar-refractivity contribution < 1.29 is 18.4 Å². The molecule has 1 N–H and O–H groups in total. The van der Waals surface area contributed by atoms with E-state index >= 15 is 0 Å². The van der Waals surface area contributed by atoms with Gasteiger partial charge in [-0.3, -0.25) is 9.59 Å². The Bertz CT molecular complexity index is 905. The molecule has 1 aromatic rings. The second-order valence-corrected chi connectivity index (χ2v) is 6.19. The molecule has 1 aromatic carbocycles. The topological polar surface area (TPSA) is 58.5 Å². The number of nitrogens with one attached hydrogen (secondary N) is 1. The fourth-order valence-corrected chi connectivity index (χ4v) is 3.53. The van der Waals surface area contributed by atoms with Crippen LogP contribution in [0.3, 0.4) is 0 Å². The molecule has 0 saturated carbocycles. The second kappa shape index (κ2) is 5.88. The van der Waals surface area contributed by atoms with Crippen molar-refractivity contribution in [2.24, 2.45) is 10.9 Å². The highest BCUT2D eigenvalue weighted by molar-refractivity contribution is 6.14. The van der Waals surface area contributed by atoms with Crippen LogP contribution in [0.1, 0.15) is 29.6 Å². The summed E-state index contributed by atoms with van der Waals surface area (Å²) in [6.07, 6.45) is 7.71. The van der Waals surface area contributed by atoms with E-state index in [2.05, 4.69) is 10.3 Å². The van der Waals surface area contributed by atoms with E-state index < -0.39 is 23.1 Å². The number of rotatable bonds is 1. The molecule has 4 rings (SSSR count). The van der Waals surface area contributed by atoms with Crippen LogP contribution in [-0.2, 0) is 4.79 Å². The third-order valence-corrected chi connectivity index (χ3v) is 4.67. The van der Waals surface area contributed by atoms with Gasteiger partial charge in [-0.05, 0) is 49.1 Å². The second-order valence-electron chi connectivity index (χ2n) is 6.19. The van der Waals surface area contributed by atoms with Crippen molar-refractivity contribution in [3.05, 3.63) is 70.5 Å². The van der Waals surface area contributed by atoms with Crippen molar-refractivity contribution in [2.45, 2.75) is 19.3 Å². The maximum atomic E-state index is 13.7. The molecule has 6 heteroatoms. The zero-order valence-corrected chi connectivity index (χ0v) is 13.2. The third kappa shape index (κ3) is 2.63. The highest BCUT2D eigenvalue weighted by Gasteiger charge is 2.34. The molecule has 1 unspecified atom stereocenters. The fourth-order valence-electron chi connectivity index (χ4n) is 3.53. The molecule has 126 valence electrons. The summed E-state index contributed by atoms with van der Waals surface area (Å²) in [7, 11) is 0. The fraction of sp³-hybridized carbons (Fsp3) is 0.211. The standard InChI is InChI=1S/C19H14F2N2O2/c20-14-5-2-6-15(21)17(14)19(25)22-10-7-8-12-11-3-1-4-13(11)18(24)23-16(12)9-10/h2,5-9,12H,1,3-4H2,(H,23,24). The molecule has 1 aliphatic heterocycles. The molecular formula is C19H14F2N2O2. The van der Waals surface area contributed by atoms with Crippen molar-refractivity contribution >= 4 is 17.5 Å². The van der Waals surface area contributed by atoms with Gasteiger partial charge in [0, 0.05) is 17.2 Å². The van der Waals surface area contributed by atoms with Gasteiger partial charge < -0.3 is 5.32 Å². The highest BCUT2D eigenvalue weighted by Crippen LogP contribution is 2.39. The minimum Gasteiger partial charge on any atom is -0.325 e. The number of halogens is 2. The Morgan fingerprint density at radius 1 is 1.20 bits per heavy atom. The number of fused-ring (bicyclic) bond motifs is 2. The quantitative estimate of drug-likeness (QED) is 0.853. The number of carbonyl (C=O) groups is 2. The maximum Gasteiger partial charge on any atom is 0.283 e. The van der Waals surface area contributed by atoms with Crippen molar-refractivity contribution in [2.75, 3.05) is 0 Å². The van der Waals surface area contributed by atoms with E-state index in [4.69, 9.17) is 0 Å². The van der Waals surface area contributed by atoms with Gasteiger partial charge in [0.25, 0.3) is 11.8 Å². The summed E-state index contributed by atoms with van der Waals surface area (Å²) in [5.74, 6) is -3.03. The van der Waals surface area contributed by atoms with Crippen molar-refractivity contribution in [1.29, 1.82) is 0 Å². The molecule has 0 spiro atoms. The molecular weight excluding hydrogens is 326 g/mol. The molecule has 1 heterocycles. The predicted octanol–water partition coefficient (Wildman–Crippen LogP) is 3.23. The van der Waals surface area contributed by atoms with E-state index in [1.807, 2.05) is 6.08 Å². The number of allylic oxidation sites excluding steroid dienone is 3. The number of nitrogens with zero attached hydrogens (tertiary/aromatic N) is 1. The Morgan fingerprint density at radius 3 is 2.72 bits per heavy atom. The third-order valence-electron chi connectivity index (χ3n) is 4.67. The van der Waals surface area contributed by atoms with Gasteiger partial charge >= 0.3 is 0 Å². The Labute approximate surface area is 142 Å². The van der Waals surface area contributed by atoms with Gasteiger partial charge in [-0.15, -0.1) is 0 Å². The molecule has 2 aliphatic carbocycles. The minimum atomic E-state index is -0.992. The number of amides is 2. The Hall–Kier alpha value is -2.89. The monoisotopic (exact) mass is 340 g/mol. The van der Waals surface area contributed by atoms with Crippen LogP contribution >= 0.6 is 0 Å². The molecule has 0 aromatic heterocycles. The van der Waals surface area contributed by atoms with Gasteiger partial charge in [0.05, 0.1) is 5.71 Å². The van der Waals surface area contributed by atoms with Gasteiger partial charge in [-0.2, -0.15) is 0 Å². The zero-order chi connectivity index (χ0) is 17.6. The SMILES string of the molecule is O=C1NC2=CC(=NC(=O)c3c(F)cccc3F)C=CC2C2=C1CCC2. The Morgan fingerprint density at radius 2 is 1.96 bits per heavy atom. The first kappa shape index (κ1) is 15.6. The lowest BCUT2D eigenvalue weighted by Gasteiger charge is -2.28. The van der Waals surface area contributed by atoms with Crippen LogP contribution in [0.4, 0.5) is 8.78 Å². The lowest BCUT2D eigenvalue weighted by Crippen LogP contribution is -2.35. The molecule has 0 bridgehead atoms. The molecule has 0 saturated heterocycles. The average Bonchev–Trinajstić information content (AvgIpc) is 3.05. The van der Waals surface area contributed by atoms with Crippen LogP contribution in [-0.4, -0.2) is 17.5 Å². The maximum absolute atomic E-state index is 13.7. The first-order valence-corrected chi connectivity index (χ1v) is 8.04. The van der Waals surface area contributed by atoms with Crippen LogP contribution in [0.5, 0.6) is 0 Å². The summed E-state index contributed by atoms with van der Waals surface area (Å²) in [6.45, 7) is 0. The van der Waals surface area contributed by atoms with Crippen LogP contribution in [0.25, 0.3) is 0 Å². The van der Waals surface area contributed by atoms with Gasteiger partial charge in [-0.25, -0.2) is 13.8 Å². The van der Waals surface area contributed by atoms with E-state index in [1.54, 1.807) is 12.2 Å². The number of hydrogen-bond donors (Lipinski definition) is 1. The smallest absolute Gasteiger partial charge is 0.283 e. The van der Waals surface area contributed by atoms with Crippen LogP contribution in [0.15, 0.2) is 58.3 Å². The number of benzene rings is 1. The van der Waals surface area contributed by atoms with Gasteiger partial charge in [0.15, 0.2) is 0 Å². The summed E-state index contributed by atoms with van der Waals surface area (Å²) in [4.78, 5) is 28.1. The van der Waals surface area contributed by atoms with Gasteiger partial charge in [-0.1, -0.05) is 12.1 Å². The zero-order valence-electron chi connectivity index (χ0n) is 13.2. The molecule has 25 heavy (non-hydrogen) atoms. The van der Waals surface area contributed by atoms with Crippen molar-refractivity contribution in [1.82, 2.24) is 5.32 Å². The minimum absolute atomic E-state index is 0.0190. The summed E-state index contributed by atoms with van der Waals surface area (Å²) in [5.41, 5.74) is 2.17.